The summed E-state index contributed by atoms with van der Waals surface area (Å²) in [6.45, 7) is 2.74. The molecule has 2 aromatic rings. The van der Waals surface area contributed by atoms with E-state index in [0.717, 1.165) is 30.3 Å². The summed E-state index contributed by atoms with van der Waals surface area (Å²) >= 11 is 0. The molecule has 122 valence electrons. The van der Waals surface area contributed by atoms with E-state index in [9.17, 15) is 4.79 Å². The van der Waals surface area contributed by atoms with Gasteiger partial charge in [-0.05, 0) is 24.3 Å². The average Bonchev–Trinajstić information content (AvgIpc) is 3.15. The largest absolute Gasteiger partial charge is 0.497 e. The summed E-state index contributed by atoms with van der Waals surface area (Å²) in [6, 6.07) is 9.15. The highest BCUT2D eigenvalue weighted by atomic mass is 16.5. The SMILES string of the molecule is COc1ccc(OC)c(N2CCN(C(=O)c3ccco3)CC2)c1. The van der Waals surface area contributed by atoms with Gasteiger partial charge in [0.05, 0.1) is 26.2 Å². The molecule has 1 fully saturated rings. The van der Waals surface area contributed by atoms with Crippen LogP contribution >= 0.6 is 0 Å². The molecule has 1 saturated heterocycles. The van der Waals surface area contributed by atoms with Crippen LogP contribution in [0.2, 0.25) is 0 Å². The number of nitrogens with zero attached hydrogens (tertiary/aromatic N) is 2. The first kappa shape index (κ1) is 15.3. The number of anilines is 1. The fourth-order valence-electron chi connectivity index (χ4n) is 2.75. The minimum absolute atomic E-state index is 0.0627. The van der Waals surface area contributed by atoms with E-state index in [0.29, 0.717) is 18.8 Å². The Labute approximate surface area is 135 Å². The number of rotatable bonds is 4. The predicted octanol–water partition coefficient (Wildman–Crippen LogP) is 2.26. The topological polar surface area (TPSA) is 55.2 Å². The van der Waals surface area contributed by atoms with Gasteiger partial charge in [-0.2, -0.15) is 0 Å². The van der Waals surface area contributed by atoms with E-state index >= 15 is 0 Å². The number of ether oxygens (including phenoxy) is 2. The van der Waals surface area contributed by atoms with E-state index in [-0.39, 0.29) is 5.91 Å². The Kier molecular flexibility index (Phi) is 4.41. The van der Waals surface area contributed by atoms with Crippen molar-refractivity contribution < 1.29 is 18.7 Å². The number of methoxy groups -OCH3 is 2. The molecule has 1 aliphatic rings. The highest BCUT2D eigenvalue weighted by Crippen LogP contribution is 2.32. The quantitative estimate of drug-likeness (QED) is 0.866. The lowest BCUT2D eigenvalue weighted by Crippen LogP contribution is -2.48. The Morgan fingerprint density at radius 3 is 2.48 bits per heavy atom. The van der Waals surface area contributed by atoms with Gasteiger partial charge < -0.3 is 23.7 Å². The van der Waals surface area contributed by atoms with Gasteiger partial charge in [0.1, 0.15) is 11.5 Å². The van der Waals surface area contributed by atoms with Crippen LogP contribution in [0.1, 0.15) is 10.6 Å². The van der Waals surface area contributed by atoms with Gasteiger partial charge in [0.2, 0.25) is 0 Å². The van der Waals surface area contributed by atoms with Crippen molar-refractivity contribution in [1.29, 1.82) is 0 Å². The second-order valence-corrected chi connectivity index (χ2v) is 5.29. The molecular formula is C17H20N2O4. The summed E-state index contributed by atoms with van der Waals surface area (Å²) in [5, 5.41) is 0. The normalized spacial score (nSPS) is 14.7. The van der Waals surface area contributed by atoms with Crippen molar-refractivity contribution in [2.24, 2.45) is 0 Å². The molecule has 6 nitrogen and oxygen atoms in total. The number of hydrogen-bond acceptors (Lipinski definition) is 5. The van der Waals surface area contributed by atoms with Crippen molar-refractivity contribution >= 4 is 11.6 Å². The van der Waals surface area contributed by atoms with Crippen molar-refractivity contribution in [3.63, 3.8) is 0 Å². The summed E-state index contributed by atoms with van der Waals surface area (Å²) in [7, 11) is 3.30. The van der Waals surface area contributed by atoms with Crippen molar-refractivity contribution in [3.05, 3.63) is 42.4 Å². The van der Waals surface area contributed by atoms with Gasteiger partial charge >= 0.3 is 0 Å². The number of benzene rings is 1. The summed E-state index contributed by atoms with van der Waals surface area (Å²) in [5.41, 5.74) is 0.983. The lowest BCUT2D eigenvalue weighted by Gasteiger charge is -2.36. The highest BCUT2D eigenvalue weighted by molar-refractivity contribution is 5.91. The monoisotopic (exact) mass is 316 g/mol. The van der Waals surface area contributed by atoms with E-state index in [1.807, 2.05) is 23.1 Å². The van der Waals surface area contributed by atoms with Gasteiger partial charge in [0.15, 0.2) is 5.76 Å². The maximum Gasteiger partial charge on any atom is 0.289 e. The van der Waals surface area contributed by atoms with E-state index in [1.165, 1.54) is 6.26 Å². The average molecular weight is 316 g/mol. The fourth-order valence-corrected chi connectivity index (χ4v) is 2.75. The number of amides is 1. The van der Waals surface area contributed by atoms with Crippen LogP contribution in [0.4, 0.5) is 5.69 Å². The fraction of sp³-hybridized carbons (Fsp3) is 0.353. The molecular weight excluding hydrogens is 296 g/mol. The summed E-state index contributed by atoms with van der Waals surface area (Å²) in [5.74, 6) is 1.91. The summed E-state index contributed by atoms with van der Waals surface area (Å²) in [6.07, 6.45) is 1.52. The first-order valence-corrected chi connectivity index (χ1v) is 7.52. The number of furan rings is 1. The van der Waals surface area contributed by atoms with Crippen LogP contribution in [-0.4, -0.2) is 51.2 Å². The van der Waals surface area contributed by atoms with Crippen LogP contribution < -0.4 is 14.4 Å². The van der Waals surface area contributed by atoms with Gasteiger partial charge in [-0.1, -0.05) is 0 Å². The second kappa shape index (κ2) is 6.64. The number of hydrogen-bond donors (Lipinski definition) is 0. The van der Waals surface area contributed by atoms with Gasteiger partial charge in [0, 0.05) is 32.2 Å². The molecule has 0 spiro atoms. The van der Waals surface area contributed by atoms with Gasteiger partial charge in [-0.25, -0.2) is 0 Å². The zero-order chi connectivity index (χ0) is 16.2. The molecule has 0 radical (unpaired) electrons. The van der Waals surface area contributed by atoms with E-state index in [4.69, 9.17) is 13.9 Å². The Morgan fingerprint density at radius 1 is 1.09 bits per heavy atom. The maximum atomic E-state index is 12.3. The van der Waals surface area contributed by atoms with Crippen LogP contribution in [-0.2, 0) is 0 Å². The molecule has 1 aromatic carbocycles. The molecule has 23 heavy (non-hydrogen) atoms. The minimum Gasteiger partial charge on any atom is -0.497 e. The third-order valence-electron chi connectivity index (χ3n) is 4.03. The second-order valence-electron chi connectivity index (χ2n) is 5.29. The van der Waals surface area contributed by atoms with Crippen molar-refractivity contribution in [2.45, 2.75) is 0 Å². The molecule has 2 heterocycles. The van der Waals surface area contributed by atoms with E-state index < -0.39 is 0 Å². The molecule has 0 unspecified atom stereocenters. The summed E-state index contributed by atoms with van der Waals surface area (Å²) < 4.78 is 15.9. The first-order valence-electron chi connectivity index (χ1n) is 7.52. The van der Waals surface area contributed by atoms with Crippen molar-refractivity contribution in [3.8, 4) is 11.5 Å². The standard InChI is InChI=1S/C17H20N2O4/c1-21-13-5-6-15(22-2)14(12-13)18-7-9-19(10-8-18)17(20)16-4-3-11-23-16/h3-6,11-12H,7-10H2,1-2H3. The Bertz CT molecular complexity index is 661. The molecule has 6 heteroatoms. The minimum atomic E-state index is -0.0627. The molecule has 1 amide bonds. The molecule has 0 bridgehead atoms. The molecule has 0 N–H and O–H groups in total. The van der Waals surface area contributed by atoms with E-state index in [2.05, 4.69) is 4.90 Å². The Balaban J connectivity index is 1.70. The summed E-state index contributed by atoms with van der Waals surface area (Å²) in [4.78, 5) is 16.3. The molecule has 1 aromatic heterocycles. The number of carbonyl (C=O) groups is 1. The zero-order valence-corrected chi connectivity index (χ0v) is 13.3. The van der Waals surface area contributed by atoms with Crippen molar-refractivity contribution in [1.82, 2.24) is 4.90 Å². The molecule has 0 saturated carbocycles. The molecule has 0 atom stereocenters. The lowest BCUT2D eigenvalue weighted by molar-refractivity contribution is 0.0714. The maximum absolute atomic E-state index is 12.3. The number of carbonyl (C=O) groups excluding carboxylic acids is 1. The zero-order valence-electron chi connectivity index (χ0n) is 13.3. The van der Waals surface area contributed by atoms with Crippen LogP contribution in [0.25, 0.3) is 0 Å². The van der Waals surface area contributed by atoms with Gasteiger partial charge in [-0.3, -0.25) is 4.79 Å². The van der Waals surface area contributed by atoms with Crippen LogP contribution in [0.3, 0.4) is 0 Å². The Morgan fingerprint density at radius 2 is 1.87 bits per heavy atom. The lowest BCUT2D eigenvalue weighted by atomic mass is 10.2. The van der Waals surface area contributed by atoms with Crippen LogP contribution in [0, 0.1) is 0 Å². The number of piperazine rings is 1. The first-order chi connectivity index (χ1) is 11.2. The molecule has 1 aliphatic heterocycles. The van der Waals surface area contributed by atoms with Crippen molar-refractivity contribution in [2.75, 3.05) is 45.3 Å². The van der Waals surface area contributed by atoms with Crippen LogP contribution in [0.15, 0.2) is 41.0 Å². The third kappa shape index (κ3) is 3.11. The van der Waals surface area contributed by atoms with Crippen LogP contribution in [0.5, 0.6) is 11.5 Å². The van der Waals surface area contributed by atoms with E-state index in [1.54, 1.807) is 26.4 Å². The van der Waals surface area contributed by atoms with Gasteiger partial charge in [0.25, 0.3) is 5.91 Å². The van der Waals surface area contributed by atoms with Gasteiger partial charge in [-0.15, -0.1) is 0 Å². The molecule has 3 rings (SSSR count). The highest BCUT2D eigenvalue weighted by Gasteiger charge is 2.25. The smallest absolute Gasteiger partial charge is 0.289 e. The predicted molar refractivity (Wildman–Crippen MR) is 86.4 cm³/mol. The molecule has 0 aliphatic carbocycles. The third-order valence-corrected chi connectivity index (χ3v) is 4.03. The Hall–Kier alpha value is -2.63.